The summed E-state index contributed by atoms with van der Waals surface area (Å²) in [5.74, 6) is 0.602. The van der Waals surface area contributed by atoms with Crippen molar-refractivity contribution in [3.63, 3.8) is 0 Å². The van der Waals surface area contributed by atoms with Gasteiger partial charge in [0.05, 0.1) is 11.3 Å². The highest BCUT2D eigenvalue weighted by Crippen LogP contribution is 2.10. The summed E-state index contributed by atoms with van der Waals surface area (Å²) in [5.41, 5.74) is 2.51. The molecule has 2 aromatic heterocycles. The minimum atomic E-state index is -0.111. The van der Waals surface area contributed by atoms with Crippen LogP contribution in [0.3, 0.4) is 0 Å². The van der Waals surface area contributed by atoms with Crippen molar-refractivity contribution in [3.05, 3.63) is 41.3 Å². The highest BCUT2D eigenvalue weighted by molar-refractivity contribution is 5.93. The Hall–Kier alpha value is -2.21. The molecule has 6 heteroatoms. The second kappa shape index (κ2) is 6.99. The standard InChI is InChI=1S/C15H21N5O/c1-4-16-7-8-17-15(21)13-5-6-14(18-10-13)20-12(3)9-11(2)19-20/h5-6,9-10,16H,4,7-8H2,1-3H3,(H,17,21). The number of hydrogen-bond donors (Lipinski definition) is 2. The maximum atomic E-state index is 11.9. The normalized spacial score (nSPS) is 10.6. The highest BCUT2D eigenvalue weighted by Gasteiger charge is 2.08. The lowest BCUT2D eigenvalue weighted by Crippen LogP contribution is -2.31. The van der Waals surface area contributed by atoms with Crippen LogP contribution in [0, 0.1) is 13.8 Å². The number of aromatic nitrogens is 3. The van der Waals surface area contributed by atoms with Gasteiger partial charge in [-0.05, 0) is 38.6 Å². The molecule has 2 aromatic rings. The minimum Gasteiger partial charge on any atom is -0.351 e. The fourth-order valence-corrected chi connectivity index (χ4v) is 2.05. The Balaban J connectivity index is 2.02. The Bertz CT molecular complexity index is 603. The Morgan fingerprint density at radius 3 is 2.67 bits per heavy atom. The average molecular weight is 287 g/mol. The molecule has 0 spiro atoms. The first-order valence-corrected chi connectivity index (χ1v) is 7.10. The second-order valence-corrected chi connectivity index (χ2v) is 4.85. The van der Waals surface area contributed by atoms with Crippen LogP contribution < -0.4 is 10.6 Å². The number of carbonyl (C=O) groups excluding carboxylic acids is 1. The van der Waals surface area contributed by atoms with E-state index in [9.17, 15) is 4.79 Å². The van der Waals surface area contributed by atoms with Crippen molar-refractivity contribution in [2.24, 2.45) is 0 Å². The molecule has 2 rings (SSSR count). The number of pyridine rings is 1. The van der Waals surface area contributed by atoms with E-state index in [0.29, 0.717) is 17.9 Å². The number of carbonyl (C=O) groups is 1. The lowest BCUT2D eigenvalue weighted by atomic mass is 10.2. The number of hydrogen-bond acceptors (Lipinski definition) is 4. The maximum absolute atomic E-state index is 11.9. The van der Waals surface area contributed by atoms with Crippen molar-refractivity contribution in [2.75, 3.05) is 19.6 Å². The van der Waals surface area contributed by atoms with Crippen LogP contribution in [-0.2, 0) is 0 Å². The third-order valence-corrected chi connectivity index (χ3v) is 3.07. The van der Waals surface area contributed by atoms with Gasteiger partial charge in [-0.25, -0.2) is 9.67 Å². The molecule has 0 radical (unpaired) electrons. The van der Waals surface area contributed by atoms with Gasteiger partial charge < -0.3 is 10.6 Å². The van der Waals surface area contributed by atoms with Crippen LogP contribution >= 0.6 is 0 Å². The van der Waals surface area contributed by atoms with E-state index in [-0.39, 0.29) is 5.91 Å². The molecule has 0 fully saturated rings. The van der Waals surface area contributed by atoms with E-state index in [1.54, 1.807) is 23.0 Å². The van der Waals surface area contributed by atoms with Crippen molar-refractivity contribution in [1.82, 2.24) is 25.4 Å². The summed E-state index contributed by atoms with van der Waals surface area (Å²) < 4.78 is 1.77. The van der Waals surface area contributed by atoms with Crippen LogP contribution in [0.15, 0.2) is 24.4 Å². The van der Waals surface area contributed by atoms with E-state index in [0.717, 1.165) is 24.5 Å². The molecule has 0 aliphatic rings. The first kappa shape index (κ1) is 15.2. The summed E-state index contributed by atoms with van der Waals surface area (Å²) in [6.07, 6.45) is 1.58. The predicted molar refractivity (Wildman–Crippen MR) is 81.7 cm³/mol. The van der Waals surface area contributed by atoms with Gasteiger partial charge in [0, 0.05) is 25.0 Å². The molecule has 6 nitrogen and oxygen atoms in total. The summed E-state index contributed by atoms with van der Waals surface area (Å²) in [4.78, 5) is 16.2. The zero-order chi connectivity index (χ0) is 15.2. The smallest absolute Gasteiger partial charge is 0.252 e. The summed E-state index contributed by atoms with van der Waals surface area (Å²) in [7, 11) is 0. The Morgan fingerprint density at radius 2 is 2.10 bits per heavy atom. The zero-order valence-corrected chi connectivity index (χ0v) is 12.7. The van der Waals surface area contributed by atoms with E-state index in [4.69, 9.17) is 0 Å². The van der Waals surface area contributed by atoms with Gasteiger partial charge in [0.1, 0.15) is 0 Å². The molecule has 0 atom stereocenters. The fraction of sp³-hybridized carbons (Fsp3) is 0.400. The molecule has 0 unspecified atom stereocenters. The third kappa shape index (κ3) is 3.88. The van der Waals surface area contributed by atoms with Crippen LogP contribution in [0.4, 0.5) is 0 Å². The molecule has 21 heavy (non-hydrogen) atoms. The predicted octanol–water partition coefficient (Wildman–Crippen LogP) is 1.22. The van der Waals surface area contributed by atoms with E-state index < -0.39 is 0 Å². The van der Waals surface area contributed by atoms with E-state index in [2.05, 4.69) is 20.7 Å². The Morgan fingerprint density at radius 1 is 1.29 bits per heavy atom. The van der Waals surface area contributed by atoms with Crippen LogP contribution in [0.25, 0.3) is 5.82 Å². The Kier molecular flexibility index (Phi) is 5.05. The van der Waals surface area contributed by atoms with Crippen LogP contribution in [-0.4, -0.2) is 40.3 Å². The van der Waals surface area contributed by atoms with E-state index in [1.165, 1.54) is 0 Å². The fourth-order valence-electron chi connectivity index (χ4n) is 2.05. The SMILES string of the molecule is CCNCCNC(=O)c1ccc(-n2nc(C)cc2C)nc1. The maximum Gasteiger partial charge on any atom is 0.252 e. The van der Waals surface area contributed by atoms with Gasteiger partial charge >= 0.3 is 0 Å². The molecular weight excluding hydrogens is 266 g/mol. The van der Waals surface area contributed by atoms with E-state index >= 15 is 0 Å². The summed E-state index contributed by atoms with van der Waals surface area (Å²) >= 11 is 0. The molecule has 0 bridgehead atoms. The molecule has 0 aromatic carbocycles. The molecule has 0 aliphatic heterocycles. The molecule has 2 N–H and O–H groups in total. The number of nitrogens with one attached hydrogen (secondary N) is 2. The quantitative estimate of drug-likeness (QED) is 0.784. The van der Waals surface area contributed by atoms with Gasteiger partial charge in [-0.15, -0.1) is 0 Å². The zero-order valence-electron chi connectivity index (χ0n) is 12.7. The number of aryl methyl sites for hydroxylation is 2. The second-order valence-electron chi connectivity index (χ2n) is 4.85. The molecule has 0 aliphatic carbocycles. The van der Waals surface area contributed by atoms with Gasteiger partial charge in [0.2, 0.25) is 0 Å². The number of amides is 1. The molecule has 112 valence electrons. The van der Waals surface area contributed by atoms with Gasteiger partial charge in [-0.3, -0.25) is 4.79 Å². The van der Waals surface area contributed by atoms with Crippen molar-refractivity contribution in [2.45, 2.75) is 20.8 Å². The topological polar surface area (TPSA) is 71.8 Å². The van der Waals surface area contributed by atoms with Gasteiger partial charge in [-0.1, -0.05) is 6.92 Å². The van der Waals surface area contributed by atoms with E-state index in [1.807, 2.05) is 26.8 Å². The average Bonchev–Trinajstić information content (AvgIpc) is 2.82. The monoisotopic (exact) mass is 287 g/mol. The van der Waals surface area contributed by atoms with Crippen LogP contribution in [0.2, 0.25) is 0 Å². The van der Waals surface area contributed by atoms with Crippen LogP contribution in [0.1, 0.15) is 28.7 Å². The minimum absolute atomic E-state index is 0.111. The summed E-state index contributed by atoms with van der Waals surface area (Å²) in [6.45, 7) is 8.21. The lowest BCUT2D eigenvalue weighted by molar-refractivity contribution is 0.0953. The van der Waals surface area contributed by atoms with Crippen molar-refractivity contribution in [3.8, 4) is 5.82 Å². The summed E-state index contributed by atoms with van der Waals surface area (Å²) in [6, 6.07) is 5.56. The largest absolute Gasteiger partial charge is 0.351 e. The first-order chi connectivity index (χ1) is 10.1. The van der Waals surface area contributed by atoms with Gasteiger partial charge in [0.15, 0.2) is 5.82 Å². The third-order valence-electron chi connectivity index (χ3n) is 3.07. The number of rotatable bonds is 6. The highest BCUT2D eigenvalue weighted by atomic mass is 16.1. The molecular formula is C15H21N5O. The molecule has 2 heterocycles. The van der Waals surface area contributed by atoms with Crippen molar-refractivity contribution in [1.29, 1.82) is 0 Å². The van der Waals surface area contributed by atoms with Crippen LogP contribution in [0.5, 0.6) is 0 Å². The number of likely N-dealkylation sites (N-methyl/N-ethyl adjacent to an activating group) is 1. The molecule has 0 saturated heterocycles. The molecule has 0 saturated carbocycles. The van der Waals surface area contributed by atoms with Gasteiger partial charge in [-0.2, -0.15) is 5.10 Å². The van der Waals surface area contributed by atoms with Crippen molar-refractivity contribution >= 4 is 5.91 Å². The summed E-state index contributed by atoms with van der Waals surface area (Å²) in [5, 5.41) is 10.4. The molecule has 1 amide bonds. The van der Waals surface area contributed by atoms with Gasteiger partial charge in [0.25, 0.3) is 5.91 Å². The number of nitrogens with zero attached hydrogens (tertiary/aromatic N) is 3. The van der Waals surface area contributed by atoms with Crippen molar-refractivity contribution < 1.29 is 4.79 Å². The Labute approximate surface area is 124 Å². The lowest BCUT2D eigenvalue weighted by Gasteiger charge is -2.07. The first-order valence-electron chi connectivity index (χ1n) is 7.10.